The van der Waals surface area contributed by atoms with Gasteiger partial charge < -0.3 is 10.1 Å². The highest BCUT2D eigenvalue weighted by Crippen LogP contribution is 2.18. The Kier molecular flexibility index (Phi) is 3.90. The Morgan fingerprint density at radius 2 is 2.22 bits per heavy atom. The quantitative estimate of drug-likeness (QED) is 0.857. The first-order valence-corrected chi connectivity index (χ1v) is 7.10. The van der Waals surface area contributed by atoms with E-state index in [0.29, 0.717) is 12.0 Å². The van der Waals surface area contributed by atoms with Gasteiger partial charge in [-0.1, -0.05) is 18.1 Å². The monoisotopic (exact) mass is 250 g/mol. The predicted molar refractivity (Wildman–Crippen MR) is 68.0 cm³/mol. The molecule has 1 saturated carbocycles. The lowest BCUT2D eigenvalue weighted by Gasteiger charge is -2.09. The molecule has 100 valence electrons. The molecule has 0 unspecified atom stereocenters. The number of rotatable bonds is 5. The van der Waals surface area contributed by atoms with Crippen LogP contribution in [0.15, 0.2) is 6.20 Å². The average Bonchev–Trinajstić information content (AvgIpc) is 3.09. The normalized spacial score (nSPS) is 25.0. The molecule has 0 aromatic carbocycles. The second-order valence-electron chi connectivity index (χ2n) is 5.52. The van der Waals surface area contributed by atoms with Gasteiger partial charge in [0.25, 0.3) is 0 Å². The molecule has 2 heterocycles. The molecule has 5 nitrogen and oxygen atoms in total. The topological polar surface area (TPSA) is 52.0 Å². The standard InChI is InChI=1S/C13H22N4O/c1-2-4-12(3-1)14-7-13-9-17(16-15-13)8-11-5-6-18-10-11/h9,11-12,14H,1-8,10H2/t11-/m0/s1. The van der Waals surface area contributed by atoms with Gasteiger partial charge in [-0.25, -0.2) is 0 Å². The van der Waals surface area contributed by atoms with E-state index >= 15 is 0 Å². The van der Waals surface area contributed by atoms with Crippen LogP contribution in [0, 0.1) is 5.92 Å². The van der Waals surface area contributed by atoms with Crippen molar-refractivity contribution >= 4 is 0 Å². The van der Waals surface area contributed by atoms with E-state index < -0.39 is 0 Å². The largest absolute Gasteiger partial charge is 0.381 e. The summed E-state index contributed by atoms with van der Waals surface area (Å²) in [6.45, 7) is 3.56. The molecular formula is C13H22N4O. The van der Waals surface area contributed by atoms with E-state index in [9.17, 15) is 0 Å². The van der Waals surface area contributed by atoms with Crippen LogP contribution in [0.3, 0.4) is 0 Å². The van der Waals surface area contributed by atoms with Crippen LogP contribution in [0.4, 0.5) is 0 Å². The molecule has 1 saturated heterocycles. The van der Waals surface area contributed by atoms with E-state index in [1.165, 1.54) is 25.7 Å². The maximum absolute atomic E-state index is 5.38. The summed E-state index contributed by atoms with van der Waals surface area (Å²) in [6.07, 6.45) is 8.58. The van der Waals surface area contributed by atoms with Gasteiger partial charge in [0.1, 0.15) is 0 Å². The van der Waals surface area contributed by atoms with Gasteiger partial charge in [-0.2, -0.15) is 0 Å². The Labute approximate surface area is 108 Å². The molecule has 2 aliphatic rings. The summed E-state index contributed by atoms with van der Waals surface area (Å²) < 4.78 is 7.34. The second-order valence-corrected chi connectivity index (χ2v) is 5.52. The first kappa shape index (κ1) is 12.1. The first-order valence-electron chi connectivity index (χ1n) is 7.10. The van der Waals surface area contributed by atoms with Crippen LogP contribution in [0.2, 0.25) is 0 Å². The third-order valence-corrected chi connectivity index (χ3v) is 3.98. The van der Waals surface area contributed by atoms with Gasteiger partial charge in [0.15, 0.2) is 0 Å². The van der Waals surface area contributed by atoms with Crippen molar-refractivity contribution in [2.75, 3.05) is 13.2 Å². The van der Waals surface area contributed by atoms with Crippen molar-refractivity contribution in [3.8, 4) is 0 Å². The van der Waals surface area contributed by atoms with E-state index in [1.807, 2.05) is 4.68 Å². The van der Waals surface area contributed by atoms with Crippen LogP contribution < -0.4 is 5.32 Å². The molecule has 0 bridgehead atoms. The molecule has 1 aromatic heterocycles. The van der Waals surface area contributed by atoms with E-state index in [2.05, 4.69) is 21.8 Å². The average molecular weight is 250 g/mol. The maximum atomic E-state index is 5.38. The molecule has 0 amide bonds. The number of nitrogens with one attached hydrogen (secondary N) is 1. The Balaban J connectivity index is 1.46. The lowest BCUT2D eigenvalue weighted by atomic mass is 10.1. The molecule has 2 fully saturated rings. The zero-order chi connectivity index (χ0) is 12.2. The van der Waals surface area contributed by atoms with Crippen LogP contribution >= 0.6 is 0 Å². The molecule has 1 aliphatic heterocycles. The molecule has 5 heteroatoms. The minimum absolute atomic E-state index is 0.613. The van der Waals surface area contributed by atoms with Gasteiger partial charge in [0.2, 0.25) is 0 Å². The van der Waals surface area contributed by atoms with Crippen molar-refractivity contribution in [3.63, 3.8) is 0 Å². The third kappa shape index (κ3) is 3.09. The maximum Gasteiger partial charge on any atom is 0.0964 e. The Morgan fingerprint density at radius 1 is 1.33 bits per heavy atom. The lowest BCUT2D eigenvalue weighted by molar-refractivity contribution is 0.181. The number of hydrogen-bond donors (Lipinski definition) is 1. The molecule has 1 N–H and O–H groups in total. The minimum atomic E-state index is 0.613. The van der Waals surface area contributed by atoms with Gasteiger partial charge in [-0.05, 0) is 19.3 Å². The fraction of sp³-hybridized carbons (Fsp3) is 0.846. The van der Waals surface area contributed by atoms with Gasteiger partial charge in [-0.15, -0.1) is 5.10 Å². The molecule has 0 spiro atoms. The second kappa shape index (κ2) is 5.80. The highest BCUT2D eigenvalue weighted by atomic mass is 16.5. The van der Waals surface area contributed by atoms with E-state index in [4.69, 9.17) is 4.74 Å². The van der Waals surface area contributed by atoms with E-state index in [-0.39, 0.29) is 0 Å². The smallest absolute Gasteiger partial charge is 0.0964 e. The van der Waals surface area contributed by atoms with Gasteiger partial charge in [0, 0.05) is 37.9 Å². The highest BCUT2D eigenvalue weighted by molar-refractivity contribution is 4.93. The van der Waals surface area contributed by atoms with Crippen LogP contribution in [0.5, 0.6) is 0 Å². The zero-order valence-electron chi connectivity index (χ0n) is 10.8. The van der Waals surface area contributed by atoms with Gasteiger partial charge in [-0.3, -0.25) is 4.68 Å². The number of aromatic nitrogens is 3. The van der Waals surface area contributed by atoms with E-state index in [1.54, 1.807) is 0 Å². The van der Waals surface area contributed by atoms with Crippen molar-refractivity contribution in [1.29, 1.82) is 0 Å². The molecule has 1 atom stereocenters. The lowest BCUT2D eigenvalue weighted by Crippen LogP contribution is -2.25. The van der Waals surface area contributed by atoms with Gasteiger partial charge in [0.05, 0.1) is 12.3 Å². The molecule has 1 aromatic rings. The first-order chi connectivity index (χ1) is 8.90. The van der Waals surface area contributed by atoms with Crippen molar-refractivity contribution in [3.05, 3.63) is 11.9 Å². The predicted octanol–water partition coefficient (Wildman–Crippen LogP) is 1.35. The summed E-state index contributed by atoms with van der Waals surface area (Å²) in [4.78, 5) is 0. The summed E-state index contributed by atoms with van der Waals surface area (Å²) in [5.41, 5.74) is 1.06. The molecule has 18 heavy (non-hydrogen) atoms. The third-order valence-electron chi connectivity index (χ3n) is 3.98. The van der Waals surface area contributed by atoms with Crippen LogP contribution in [0.25, 0.3) is 0 Å². The van der Waals surface area contributed by atoms with Crippen molar-refractivity contribution in [1.82, 2.24) is 20.3 Å². The Hall–Kier alpha value is -0.940. The van der Waals surface area contributed by atoms with Crippen LogP contribution in [-0.2, 0) is 17.8 Å². The number of ether oxygens (including phenoxy) is 1. The summed E-state index contributed by atoms with van der Waals surface area (Å²) >= 11 is 0. The summed E-state index contributed by atoms with van der Waals surface area (Å²) in [5, 5.41) is 12.0. The Bertz CT molecular complexity index is 367. The molecule has 1 aliphatic carbocycles. The molecular weight excluding hydrogens is 228 g/mol. The zero-order valence-corrected chi connectivity index (χ0v) is 10.8. The summed E-state index contributed by atoms with van der Waals surface area (Å²) in [7, 11) is 0. The van der Waals surface area contributed by atoms with Crippen molar-refractivity contribution < 1.29 is 4.74 Å². The summed E-state index contributed by atoms with van der Waals surface area (Å²) in [6, 6.07) is 0.693. The van der Waals surface area contributed by atoms with Crippen molar-refractivity contribution in [2.24, 2.45) is 5.92 Å². The van der Waals surface area contributed by atoms with Crippen molar-refractivity contribution in [2.45, 2.75) is 51.2 Å². The SMILES string of the molecule is c1c(CNC2CCCC2)nnn1C[C@@H]1CCOC1. The minimum Gasteiger partial charge on any atom is -0.381 e. The van der Waals surface area contributed by atoms with E-state index in [0.717, 1.165) is 38.4 Å². The fourth-order valence-corrected chi connectivity index (χ4v) is 2.88. The van der Waals surface area contributed by atoms with Crippen LogP contribution in [-0.4, -0.2) is 34.2 Å². The molecule has 0 radical (unpaired) electrons. The fourth-order valence-electron chi connectivity index (χ4n) is 2.88. The summed E-state index contributed by atoms with van der Waals surface area (Å²) in [5.74, 6) is 0.613. The van der Waals surface area contributed by atoms with Crippen LogP contribution in [0.1, 0.15) is 37.8 Å². The Morgan fingerprint density at radius 3 is 3.00 bits per heavy atom. The number of hydrogen-bond acceptors (Lipinski definition) is 4. The number of nitrogens with zero attached hydrogens (tertiary/aromatic N) is 3. The molecule has 3 rings (SSSR count). The van der Waals surface area contributed by atoms with Gasteiger partial charge >= 0.3 is 0 Å². The highest BCUT2D eigenvalue weighted by Gasteiger charge is 2.17.